The van der Waals surface area contributed by atoms with Crippen molar-refractivity contribution in [1.82, 2.24) is 9.97 Å². The summed E-state index contributed by atoms with van der Waals surface area (Å²) in [5.74, 6) is 0.634. The molecule has 0 radical (unpaired) electrons. The molecule has 18 heavy (non-hydrogen) atoms. The van der Waals surface area contributed by atoms with Crippen molar-refractivity contribution in [1.29, 1.82) is 0 Å². The molecule has 0 unspecified atom stereocenters. The third-order valence-electron chi connectivity index (χ3n) is 2.32. The Balaban J connectivity index is 2.26. The standard InChI is InChI=1S/C12H10Br2N2O2/c1-7-8(6-17)5-15-12(16-7)18-11-3-2-9(13)4-10(11)14/h2-5,17H,6H2,1H3. The van der Waals surface area contributed by atoms with Crippen LogP contribution in [0.2, 0.25) is 0 Å². The van der Waals surface area contributed by atoms with Crippen LogP contribution in [0.4, 0.5) is 0 Å². The van der Waals surface area contributed by atoms with Crippen LogP contribution >= 0.6 is 31.9 Å². The van der Waals surface area contributed by atoms with E-state index in [9.17, 15) is 0 Å². The number of rotatable bonds is 3. The average molecular weight is 374 g/mol. The first-order valence-corrected chi connectivity index (χ1v) is 6.75. The quantitative estimate of drug-likeness (QED) is 0.893. The molecule has 1 aromatic heterocycles. The molecule has 4 nitrogen and oxygen atoms in total. The number of benzene rings is 1. The van der Waals surface area contributed by atoms with Gasteiger partial charge in [-0.05, 0) is 41.1 Å². The lowest BCUT2D eigenvalue weighted by Crippen LogP contribution is -1.98. The van der Waals surface area contributed by atoms with Gasteiger partial charge in [0.25, 0.3) is 0 Å². The van der Waals surface area contributed by atoms with E-state index >= 15 is 0 Å². The second-order valence-corrected chi connectivity index (χ2v) is 5.37. The van der Waals surface area contributed by atoms with E-state index in [0.717, 1.165) is 8.95 Å². The van der Waals surface area contributed by atoms with Crippen molar-refractivity contribution >= 4 is 31.9 Å². The van der Waals surface area contributed by atoms with Gasteiger partial charge in [-0.2, -0.15) is 4.98 Å². The minimum Gasteiger partial charge on any atom is -0.423 e. The van der Waals surface area contributed by atoms with Gasteiger partial charge in [0, 0.05) is 16.2 Å². The highest BCUT2D eigenvalue weighted by molar-refractivity contribution is 9.11. The summed E-state index contributed by atoms with van der Waals surface area (Å²) in [6, 6.07) is 5.82. The molecule has 2 aromatic rings. The molecule has 0 saturated heterocycles. The third-order valence-corrected chi connectivity index (χ3v) is 3.44. The van der Waals surface area contributed by atoms with Crippen LogP contribution in [-0.4, -0.2) is 15.1 Å². The van der Waals surface area contributed by atoms with Crippen molar-refractivity contribution in [2.75, 3.05) is 0 Å². The normalized spacial score (nSPS) is 10.4. The Morgan fingerprint density at radius 1 is 1.33 bits per heavy atom. The van der Waals surface area contributed by atoms with Crippen molar-refractivity contribution in [3.63, 3.8) is 0 Å². The molecule has 1 aromatic carbocycles. The molecule has 1 N–H and O–H groups in total. The second-order valence-electron chi connectivity index (χ2n) is 3.60. The Bertz CT molecular complexity index is 576. The van der Waals surface area contributed by atoms with E-state index in [1.165, 1.54) is 0 Å². The van der Waals surface area contributed by atoms with Gasteiger partial charge in [0.1, 0.15) is 5.75 Å². The number of halogens is 2. The SMILES string of the molecule is Cc1nc(Oc2ccc(Br)cc2Br)ncc1CO. The predicted molar refractivity (Wildman–Crippen MR) is 74.6 cm³/mol. The molecule has 0 fully saturated rings. The van der Waals surface area contributed by atoms with E-state index < -0.39 is 0 Å². The van der Waals surface area contributed by atoms with E-state index in [1.807, 2.05) is 18.2 Å². The molecule has 0 spiro atoms. The molecule has 0 amide bonds. The van der Waals surface area contributed by atoms with Crippen LogP contribution in [0.3, 0.4) is 0 Å². The number of hydrogen-bond donors (Lipinski definition) is 1. The zero-order valence-corrected chi connectivity index (χ0v) is 12.7. The van der Waals surface area contributed by atoms with E-state index in [0.29, 0.717) is 17.0 Å². The van der Waals surface area contributed by atoms with E-state index in [1.54, 1.807) is 13.1 Å². The van der Waals surface area contributed by atoms with Gasteiger partial charge in [-0.15, -0.1) is 0 Å². The number of aliphatic hydroxyl groups excluding tert-OH is 1. The van der Waals surface area contributed by atoms with Crippen LogP contribution in [0.15, 0.2) is 33.3 Å². The highest BCUT2D eigenvalue weighted by atomic mass is 79.9. The zero-order chi connectivity index (χ0) is 13.1. The number of aromatic nitrogens is 2. The van der Waals surface area contributed by atoms with Gasteiger partial charge in [-0.3, -0.25) is 0 Å². The van der Waals surface area contributed by atoms with E-state index in [4.69, 9.17) is 9.84 Å². The number of hydrogen-bond acceptors (Lipinski definition) is 4. The third kappa shape index (κ3) is 3.07. The first-order chi connectivity index (χ1) is 8.60. The van der Waals surface area contributed by atoms with Crippen molar-refractivity contribution in [3.8, 4) is 11.8 Å². The number of aliphatic hydroxyl groups is 1. The molecule has 0 saturated carbocycles. The van der Waals surface area contributed by atoms with Crippen LogP contribution in [0.5, 0.6) is 11.8 Å². The first-order valence-electron chi connectivity index (χ1n) is 5.16. The van der Waals surface area contributed by atoms with Crippen LogP contribution in [0.1, 0.15) is 11.3 Å². The number of aryl methyl sites for hydroxylation is 1. The Morgan fingerprint density at radius 3 is 2.72 bits per heavy atom. The van der Waals surface area contributed by atoms with Gasteiger partial charge >= 0.3 is 6.01 Å². The predicted octanol–water partition coefficient (Wildman–Crippen LogP) is 3.59. The molecule has 1 heterocycles. The molecule has 0 aliphatic heterocycles. The fourth-order valence-electron chi connectivity index (χ4n) is 1.33. The summed E-state index contributed by atoms with van der Waals surface area (Å²) in [4.78, 5) is 8.22. The topological polar surface area (TPSA) is 55.2 Å². The highest BCUT2D eigenvalue weighted by Crippen LogP contribution is 2.30. The maximum Gasteiger partial charge on any atom is 0.322 e. The maximum absolute atomic E-state index is 9.04. The van der Waals surface area contributed by atoms with Crippen molar-refractivity contribution in [3.05, 3.63) is 44.6 Å². The summed E-state index contributed by atoms with van der Waals surface area (Å²) in [5.41, 5.74) is 1.40. The maximum atomic E-state index is 9.04. The minimum atomic E-state index is -0.0753. The molecule has 0 atom stereocenters. The molecule has 0 aliphatic rings. The second kappa shape index (κ2) is 5.77. The molecule has 0 bridgehead atoms. The molecular weight excluding hydrogens is 364 g/mol. The zero-order valence-electron chi connectivity index (χ0n) is 9.52. The van der Waals surface area contributed by atoms with Gasteiger partial charge in [-0.25, -0.2) is 4.98 Å². The Morgan fingerprint density at radius 2 is 2.11 bits per heavy atom. The monoisotopic (exact) mass is 372 g/mol. The number of nitrogens with zero attached hydrogens (tertiary/aromatic N) is 2. The van der Waals surface area contributed by atoms with Gasteiger partial charge in [0.05, 0.1) is 16.8 Å². The lowest BCUT2D eigenvalue weighted by Gasteiger charge is -2.08. The summed E-state index contributed by atoms with van der Waals surface area (Å²) in [6.45, 7) is 1.73. The van der Waals surface area contributed by atoms with E-state index in [2.05, 4.69) is 41.8 Å². The lowest BCUT2D eigenvalue weighted by atomic mass is 10.3. The Kier molecular flexibility index (Phi) is 4.31. The molecule has 2 rings (SSSR count). The smallest absolute Gasteiger partial charge is 0.322 e. The fraction of sp³-hybridized carbons (Fsp3) is 0.167. The van der Waals surface area contributed by atoms with Crippen molar-refractivity contribution in [2.24, 2.45) is 0 Å². The van der Waals surface area contributed by atoms with Gasteiger partial charge in [0.2, 0.25) is 0 Å². The molecule has 0 aliphatic carbocycles. The Hall–Kier alpha value is -0.980. The Labute approximate surface area is 121 Å². The van der Waals surface area contributed by atoms with Crippen LogP contribution in [-0.2, 0) is 6.61 Å². The summed E-state index contributed by atoms with van der Waals surface area (Å²) < 4.78 is 7.34. The van der Waals surface area contributed by atoms with Crippen LogP contribution in [0.25, 0.3) is 0 Å². The van der Waals surface area contributed by atoms with Gasteiger partial charge < -0.3 is 9.84 Å². The lowest BCUT2D eigenvalue weighted by molar-refractivity contribution is 0.279. The van der Waals surface area contributed by atoms with Gasteiger partial charge in [-0.1, -0.05) is 15.9 Å². The summed E-state index contributed by atoms with van der Waals surface area (Å²) in [7, 11) is 0. The fourth-order valence-corrected chi connectivity index (χ4v) is 2.46. The van der Waals surface area contributed by atoms with Gasteiger partial charge in [0.15, 0.2) is 0 Å². The van der Waals surface area contributed by atoms with Crippen LogP contribution in [0, 0.1) is 6.92 Å². The first kappa shape index (κ1) is 13.5. The largest absolute Gasteiger partial charge is 0.423 e. The average Bonchev–Trinajstić information content (AvgIpc) is 2.33. The van der Waals surface area contributed by atoms with Crippen molar-refractivity contribution in [2.45, 2.75) is 13.5 Å². The summed E-state index contributed by atoms with van der Waals surface area (Å²) in [5, 5.41) is 9.04. The summed E-state index contributed by atoms with van der Waals surface area (Å²) in [6.07, 6.45) is 1.56. The highest BCUT2D eigenvalue weighted by Gasteiger charge is 2.07. The molecular formula is C12H10Br2N2O2. The molecule has 94 valence electrons. The number of ether oxygens (including phenoxy) is 1. The van der Waals surface area contributed by atoms with E-state index in [-0.39, 0.29) is 12.6 Å². The molecule has 6 heteroatoms. The minimum absolute atomic E-state index is 0.0753. The van der Waals surface area contributed by atoms with Crippen molar-refractivity contribution < 1.29 is 9.84 Å². The summed E-state index contributed by atoms with van der Waals surface area (Å²) >= 11 is 6.77. The van der Waals surface area contributed by atoms with Crippen LogP contribution < -0.4 is 4.74 Å².